The van der Waals surface area contributed by atoms with Crippen LogP contribution >= 0.6 is 57.6 Å². The molecular formula is C52H73Cl2IN4O15S. The first kappa shape index (κ1) is 61.1. The van der Waals surface area contributed by atoms with Crippen LogP contribution in [0.25, 0.3) is 0 Å². The number of methoxy groups -OCH3 is 2. The van der Waals surface area contributed by atoms with E-state index >= 15 is 4.79 Å². The zero-order valence-electron chi connectivity index (χ0n) is 44.5. The number of nitrogens with zero attached hydrogens (tertiary/aromatic N) is 3. The van der Waals surface area contributed by atoms with Gasteiger partial charge in [-0.2, -0.15) is 0 Å². The molecule has 19 nitrogen and oxygen atoms in total. The number of amides is 1. The number of esters is 3. The smallest absolute Gasteiger partial charge is 0.320 e. The Bertz CT molecular complexity index is 2320. The maximum atomic E-state index is 15.1. The lowest BCUT2D eigenvalue weighted by molar-refractivity contribution is -0.301. The summed E-state index contributed by atoms with van der Waals surface area (Å²) >= 11 is 15.7. The molecule has 15 atom stereocenters. The molecule has 6 rings (SSSR count). The molecule has 0 unspecified atom stereocenters. The Kier molecular flexibility index (Phi) is 21.8. The molecule has 2 aromatic rings. The lowest BCUT2D eigenvalue weighted by Crippen LogP contribution is -2.60. The number of thioether (sulfide) groups is 1. The van der Waals surface area contributed by atoms with Gasteiger partial charge in [-0.1, -0.05) is 44.0 Å². The van der Waals surface area contributed by atoms with Gasteiger partial charge in [0.15, 0.2) is 27.5 Å². The van der Waals surface area contributed by atoms with Crippen LogP contribution in [0.15, 0.2) is 30.6 Å². The minimum absolute atomic E-state index is 0.0260. The molecule has 0 radical (unpaired) electrons. The lowest BCUT2D eigenvalue weighted by Gasteiger charge is -2.48. The number of Topliss-reactive ketones (excluding diaryl/α,β-unsaturated/α-hetero) is 1. The average molecular weight is 1220 g/mol. The van der Waals surface area contributed by atoms with Crippen molar-refractivity contribution in [2.75, 3.05) is 78.8 Å². The molecule has 0 spiro atoms. The molecule has 4 fully saturated rings. The fourth-order valence-electron chi connectivity index (χ4n) is 10.7. The van der Waals surface area contributed by atoms with E-state index in [2.05, 4.69) is 15.2 Å². The highest BCUT2D eigenvalue weighted by Crippen LogP contribution is 2.50. The number of aliphatic hydroxyl groups excluding tert-OH is 1. The van der Waals surface area contributed by atoms with Gasteiger partial charge in [0, 0.05) is 80.2 Å². The summed E-state index contributed by atoms with van der Waals surface area (Å²) in [7, 11) is 6.70. The average Bonchev–Trinajstić information content (AvgIpc) is 3.65. The molecule has 1 amide bonds. The SMILES string of the molecule is COc1ccc(C(=O)Nc2c(Cl)cncc2Cl)cc1OCCS[C@@H]1C(=O)O[C@@]2(C)[C@H]1[C@@H](C)C(=O)[C@H](C)C[C@@](C)(OC)[C@H](O[C@@H]1O[C@H](C)C[C@H](N(C)C)[C@H]1O)[C@@H](C)[C@H](OC(=O)CCN1CCOCC1)[C@@H](C)C(=O)O[C@@H]2I. The maximum Gasteiger partial charge on any atom is 0.320 e. The van der Waals surface area contributed by atoms with Crippen molar-refractivity contribution >= 4 is 92.8 Å². The monoisotopic (exact) mass is 1220 g/mol. The second-order valence-electron chi connectivity index (χ2n) is 20.6. The summed E-state index contributed by atoms with van der Waals surface area (Å²) in [5, 5.41) is 13.9. The topological polar surface area (TPSA) is 220 Å². The van der Waals surface area contributed by atoms with Crippen molar-refractivity contribution in [1.29, 1.82) is 0 Å². The van der Waals surface area contributed by atoms with Crippen LogP contribution in [0.1, 0.15) is 78.1 Å². The van der Waals surface area contributed by atoms with Gasteiger partial charge in [-0.05, 0) is 95.4 Å². The number of anilines is 1. The van der Waals surface area contributed by atoms with Crippen LogP contribution in [0.2, 0.25) is 10.0 Å². The molecule has 1 aromatic carbocycles. The molecule has 0 bridgehead atoms. The quantitative estimate of drug-likeness (QED) is 0.0585. The Morgan fingerprint density at radius 1 is 1.00 bits per heavy atom. The molecule has 4 aliphatic rings. The number of fused-ring (bicyclic) bond motifs is 1. The second-order valence-corrected chi connectivity index (χ2v) is 23.8. The largest absolute Gasteiger partial charge is 0.493 e. The molecular weight excluding hydrogens is 1150 g/mol. The first-order valence-electron chi connectivity index (χ1n) is 25.3. The third-order valence-corrected chi connectivity index (χ3v) is 18.4. The van der Waals surface area contributed by atoms with Gasteiger partial charge in [-0.25, -0.2) is 0 Å². The van der Waals surface area contributed by atoms with Gasteiger partial charge in [0.2, 0.25) is 0 Å². The predicted molar refractivity (Wildman–Crippen MR) is 290 cm³/mol. The fourth-order valence-corrected chi connectivity index (χ4v) is 13.3. The summed E-state index contributed by atoms with van der Waals surface area (Å²) in [5.41, 5.74) is -2.44. The van der Waals surface area contributed by atoms with E-state index < -0.39 is 98.6 Å². The number of hydrogen-bond acceptors (Lipinski definition) is 19. The van der Waals surface area contributed by atoms with Crippen LogP contribution in [-0.4, -0.2) is 180 Å². The number of hydrogen-bond donors (Lipinski definition) is 2. The van der Waals surface area contributed by atoms with Crippen molar-refractivity contribution in [3.05, 3.63) is 46.2 Å². The number of pyridine rings is 1. The van der Waals surface area contributed by atoms with Gasteiger partial charge in [0.1, 0.15) is 23.2 Å². The van der Waals surface area contributed by atoms with Gasteiger partial charge in [-0.15, -0.1) is 11.8 Å². The number of halogens is 3. The van der Waals surface area contributed by atoms with E-state index in [0.29, 0.717) is 45.0 Å². The predicted octanol–water partition coefficient (Wildman–Crippen LogP) is 6.73. The minimum Gasteiger partial charge on any atom is -0.493 e. The van der Waals surface area contributed by atoms with E-state index in [4.69, 9.17) is 65.8 Å². The molecule has 418 valence electrons. The van der Waals surface area contributed by atoms with Crippen molar-refractivity contribution in [2.45, 2.75) is 125 Å². The molecule has 4 saturated heterocycles. The third-order valence-electron chi connectivity index (χ3n) is 15.0. The number of aromatic nitrogens is 1. The highest BCUT2D eigenvalue weighted by molar-refractivity contribution is 14.1. The Balaban J connectivity index is 1.29. The van der Waals surface area contributed by atoms with E-state index in [1.165, 1.54) is 44.4 Å². The van der Waals surface area contributed by atoms with Crippen LogP contribution in [0.5, 0.6) is 11.5 Å². The number of ether oxygens (including phenoxy) is 9. The van der Waals surface area contributed by atoms with E-state index in [0.717, 1.165) is 0 Å². The summed E-state index contributed by atoms with van der Waals surface area (Å²) in [6.07, 6.45) is -1.48. The maximum absolute atomic E-state index is 15.1. The van der Waals surface area contributed by atoms with Gasteiger partial charge < -0.3 is 58.0 Å². The Morgan fingerprint density at radius 3 is 2.32 bits per heavy atom. The van der Waals surface area contributed by atoms with E-state index in [9.17, 15) is 24.3 Å². The van der Waals surface area contributed by atoms with E-state index in [1.807, 2.05) is 48.5 Å². The van der Waals surface area contributed by atoms with E-state index in [1.54, 1.807) is 53.7 Å². The summed E-state index contributed by atoms with van der Waals surface area (Å²) in [6.45, 7) is 15.2. The molecule has 2 N–H and O–H groups in total. The van der Waals surface area contributed by atoms with Crippen LogP contribution < -0.4 is 14.8 Å². The van der Waals surface area contributed by atoms with Crippen LogP contribution in [-0.2, 0) is 52.3 Å². The first-order valence-corrected chi connectivity index (χ1v) is 28.3. The molecule has 0 aliphatic carbocycles. The molecule has 0 saturated carbocycles. The Morgan fingerprint density at radius 2 is 1.68 bits per heavy atom. The van der Waals surface area contributed by atoms with Crippen LogP contribution in [0, 0.1) is 29.6 Å². The number of nitrogens with one attached hydrogen (secondary N) is 1. The molecule has 75 heavy (non-hydrogen) atoms. The number of aliphatic hydroxyl groups is 1. The zero-order valence-corrected chi connectivity index (χ0v) is 49.0. The van der Waals surface area contributed by atoms with Gasteiger partial charge in [0.25, 0.3) is 5.91 Å². The van der Waals surface area contributed by atoms with Gasteiger partial charge >= 0.3 is 17.9 Å². The van der Waals surface area contributed by atoms with E-state index in [-0.39, 0.29) is 70.2 Å². The van der Waals surface area contributed by atoms with Crippen molar-refractivity contribution in [1.82, 2.24) is 14.8 Å². The molecule has 5 heterocycles. The van der Waals surface area contributed by atoms with Crippen molar-refractivity contribution in [2.24, 2.45) is 29.6 Å². The number of rotatable bonds is 16. The highest BCUT2D eigenvalue weighted by Gasteiger charge is 2.62. The Labute approximate surface area is 467 Å². The lowest BCUT2D eigenvalue weighted by atomic mass is 9.72. The first-order chi connectivity index (χ1) is 35.4. The minimum atomic E-state index is -1.52. The number of benzene rings is 1. The summed E-state index contributed by atoms with van der Waals surface area (Å²) < 4.78 is 54.5. The molecule has 1 aromatic heterocycles. The fraction of sp³-hybridized carbons (Fsp3) is 0.692. The van der Waals surface area contributed by atoms with Crippen molar-refractivity contribution < 1.29 is 71.7 Å². The van der Waals surface area contributed by atoms with Crippen LogP contribution in [0.4, 0.5) is 5.69 Å². The number of likely N-dealkylation sites (N-methyl/N-ethyl adjacent to an activating group) is 1. The number of carbonyl (C=O) groups is 5. The molecule has 4 aliphatic heterocycles. The summed E-state index contributed by atoms with van der Waals surface area (Å²) in [6, 6.07) is 4.30. The normalized spacial score (nSPS) is 34.2. The van der Waals surface area contributed by atoms with Crippen molar-refractivity contribution in [3.63, 3.8) is 0 Å². The standard InChI is InChI=1S/C52H73Cl2IN4O15S/c1-27-24-51(6,67-11)45(72-49-42(62)35(58(8)9)22-28(2)70-49)30(4)43(71-38(60)14-15-59-16-18-68-19-17-59)31(5)47(64)73-50(55)52(7)39(29(3)41(27)61)44(48(65)74-52)75-21-20-69-37-23-32(12-13-36(37)66-10)46(63)57-40-33(53)25-56-26-34(40)54/h12-13,23,25-31,35,39,42-45,49-50,62H,14-22,24H2,1-11H3,(H,56,57,63)/t27-,28-,29-,30+,31-,35+,39+,42-,43+,44+,45-,49+,50+,51-,52+/m1/s1. The number of ketones is 1. The summed E-state index contributed by atoms with van der Waals surface area (Å²) in [5.74, 6) is -6.18. The number of alkyl halides is 1. The van der Waals surface area contributed by atoms with Crippen LogP contribution in [0.3, 0.4) is 0 Å². The second kappa shape index (κ2) is 26.7. The number of carbonyl (C=O) groups excluding carboxylic acids is 5. The number of morpholine rings is 1. The Hall–Kier alpha value is -3.10. The van der Waals surface area contributed by atoms with Gasteiger partial charge in [0.05, 0.1) is 72.8 Å². The highest BCUT2D eigenvalue weighted by atomic mass is 127. The summed E-state index contributed by atoms with van der Waals surface area (Å²) in [4.78, 5) is 79.2. The zero-order chi connectivity index (χ0) is 55.1. The molecule has 23 heteroatoms. The third kappa shape index (κ3) is 14.4. The number of cyclic esters (lactones) is 1. The van der Waals surface area contributed by atoms with Crippen molar-refractivity contribution in [3.8, 4) is 11.5 Å². The van der Waals surface area contributed by atoms with Gasteiger partial charge in [-0.3, -0.25) is 33.9 Å².